The normalized spacial score (nSPS) is 12.2. The van der Waals surface area contributed by atoms with E-state index in [2.05, 4.69) is 37.1 Å². The molecule has 0 radical (unpaired) electrons. The molecule has 0 saturated carbocycles. The third-order valence-corrected chi connectivity index (χ3v) is 4.61. The third kappa shape index (κ3) is 4.80. The molecule has 5 nitrogen and oxygen atoms in total. The Morgan fingerprint density at radius 3 is 2.62 bits per heavy atom. The summed E-state index contributed by atoms with van der Waals surface area (Å²) in [7, 11) is 1.58. The molecule has 1 unspecified atom stereocenters. The van der Waals surface area contributed by atoms with Crippen molar-refractivity contribution in [1.29, 1.82) is 5.26 Å². The molecular weight excluding hydrogens is 284 g/mol. The van der Waals surface area contributed by atoms with E-state index in [9.17, 15) is 0 Å². The molecule has 0 spiro atoms. The minimum Gasteiger partial charge on any atom is -0.492 e. The molecule has 0 amide bonds. The molecule has 0 saturated heterocycles. The minimum absolute atomic E-state index is 0.319. The van der Waals surface area contributed by atoms with Crippen LogP contribution in [0.3, 0.4) is 0 Å². The van der Waals surface area contributed by atoms with Gasteiger partial charge >= 0.3 is 0 Å². The first kappa shape index (κ1) is 17.6. The molecular formula is C15H26N4OS. The topological polar surface area (TPSA) is 74.3 Å². The summed E-state index contributed by atoms with van der Waals surface area (Å²) in [6.07, 6.45) is 2.21. The summed E-state index contributed by atoms with van der Waals surface area (Å²) >= 11 is 1.36. The summed E-state index contributed by atoms with van der Waals surface area (Å²) < 4.78 is 5.30. The maximum absolute atomic E-state index is 9.03. The molecule has 0 aliphatic heterocycles. The van der Waals surface area contributed by atoms with Gasteiger partial charge in [0.1, 0.15) is 21.6 Å². The van der Waals surface area contributed by atoms with Gasteiger partial charge in [0.15, 0.2) is 5.75 Å². The van der Waals surface area contributed by atoms with Crippen molar-refractivity contribution >= 4 is 22.0 Å². The number of hydrogen-bond donors (Lipinski definition) is 2. The number of nitrogens with one attached hydrogen (secondary N) is 1. The Bertz CT molecular complexity index is 477. The summed E-state index contributed by atoms with van der Waals surface area (Å²) in [5, 5.41) is 13.3. The first-order valence-electron chi connectivity index (χ1n) is 7.42. The molecule has 1 aromatic rings. The predicted octanol–water partition coefficient (Wildman–Crippen LogP) is 3.13. The van der Waals surface area contributed by atoms with Gasteiger partial charge in [-0.3, -0.25) is 0 Å². The van der Waals surface area contributed by atoms with Crippen molar-refractivity contribution in [3.05, 3.63) is 4.88 Å². The molecule has 118 valence electrons. The predicted molar refractivity (Wildman–Crippen MR) is 90.1 cm³/mol. The van der Waals surface area contributed by atoms with Crippen molar-refractivity contribution in [2.45, 2.75) is 39.7 Å². The number of rotatable bonds is 9. The van der Waals surface area contributed by atoms with Crippen LogP contribution in [0.25, 0.3) is 0 Å². The lowest BCUT2D eigenvalue weighted by Gasteiger charge is -2.20. The molecule has 1 rings (SSSR count). The third-order valence-electron chi connectivity index (χ3n) is 3.59. The van der Waals surface area contributed by atoms with Crippen LogP contribution in [0.1, 0.15) is 38.5 Å². The monoisotopic (exact) mass is 310 g/mol. The van der Waals surface area contributed by atoms with E-state index >= 15 is 0 Å². The van der Waals surface area contributed by atoms with Crippen LogP contribution in [-0.2, 0) is 0 Å². The summed E-state index contributed by atoms with van der Waals surface area (Å²) in [6, 6.07) is 2.42. The zero-order valence-corrected chi connectivity index (χ0v) is 14.2. The number of nitrogens with zero attached hydrogens (tertiary/aromatic N) is 2. The number of anilines is 2. The Kier molecular flexibility index (Phi) is 7.34. The number of nitriles is 1. The van der Waals surface area contributed by atoms with Gasteiger partial charge in [0.2, 0.25) is 0 Å². The molecule has 6 heteroatoms. The number of ether oxygens (including phenoxy) is 1. The lowest BCUT2D eigenvalue weighted by atomic mass is 10.2. The molecule has 21 heavy (non-hydrogen) atoms. The molecule has 3 N–H and O–H groups in total. The fourth-order valence-electron chi connectivity index (χ4n) is 2.27. The van der Waals surface area contributed by atoms with Crippen LogP contribution < -0.4 is 15.8 Å². The Morgan fingerprint density at radius 1 is 1.43 bits per heavy atom. The van der Waals surface area contributed by atoms with E-state index in [-0.39, 0.29) is 0 Å². The van der Waals surface area contributed by atoms with Gasteiger partial charge in [-0.1, -0.05) is 13.8 Å². The summed E-state index contributed by atoms with van der Waals surface area (Å²) in [6.45, 7) is 9.83. The first-order valence-corrected chi connectivity index (χ1v) is 8.24. The summed E-state index contributed by atoms with van der Waals surface area (Å²) in [5.74, 6) is 0.590. The fourth-order valence-corrected chi connectivity index (χ4v) is 3.26. The highest BCUT2D eigenvalue weighted by molar-refractivity contribution is 7.17. The van der Waals surface area contributed by atoms with Crippen molar-refractivity contribution in [3.63, 3.8) is 0 Å². The number of nitrogen functional groups attached to an aromatic ring is 1. The number of hydrogen-bond acceptors (Lipinski definition) is 6. The van der Waals surface area contributed by atoms with Gasteiger partial charge in [0.25, 0.3) is 0 Å². The van der Waals surface area contributed by atoms with Crippen LogP contribution in [-0.4, -0.2) is 37.7 Å². The lowest BCUT2D eigenvalue weighted by molar-refractivity contribution is 0.295. The van der Waals surface area contributed by atoms with Gasteiger partial charge in [0, 0.05) is 6.04 Å². The summed E-state index contributed by atoms with van der Waals surface area (Å²) in [5.41, 5.74) is 6.33. The Balaban J connectivity index is 2.55. The molecule has 0 aliphatic carbocycles. The number of nitrogens with two attached hydrogens (primary N) is 1. The fraction of sp³-hybridized carbons (Fsp3) is 0.667. The van der Waals surface area contributed by atoms with Crippen LogP contribution in [0.4, 0.5) is 10.7 Å². The first-order chi connectivity index (χ1) is 10.1. The highest BCUT2D eigenvalue weighted by Gasteiger charge is 2.17. The van der Waals surface area contributed by atoms with Gasteiger partial charge < -0.3 is 20.7 Å². The SMILES string of the molecule is CCN(CC)CCCC(C)Nc1sc(C#N)c(N)c1OC. The standard InChI is InChI=1S/C15H26N4OS/c1-5-19(6-2)9-7-8-11(3)18-15-14(20-4)13(17)12(10-16)21-15/h11,18H,5-9,17H2,1-4H3. The van der Waals surface area contributed by atoms with Crippen molar-refractivity contribution in [2.75, 3.05) is 37.8 Å². The van der Waals surface area contributed by atoms with Gasteiger partial charge in [0.05, 0.1) is 7.11 Å². The van der Waals surface area contributed by atoms with E-state index in [0.29, 0.717) is 22.4 Å². The van der Waals surface area contributed by atoms with E-state index in [4.69, 9.17) is 15.7 Å². The summed E-state index contributed by atoms with van der Waals surface area (Å²) in [4.78, 5) is 2.93. The van der Waals surface area contributed by atoms with Crippen LogP contribution in [0.5, 0.6) is 5.75 Å². The molecule has 1 aromatic heterocycles. The van der Waals surface area contributed by atoms with Crippen molar-refractivity contribution in [3.8, 4) is 11.8 Å². The van der Waals surface area contributed by atoms with Crippen LogP contribution in [0.15, 0.2) is 0 Å². The smallest absolute Gasteiger partial charge is 0.177 e. The maximum Gasteiger partial charge on any atom is 0.177 e. The molecule has 1 heterocycles. The van der Waals surface area contributed by atoms with E-state index < -0.39 is 0 Å². The van der Waals surface area contributed by atoms with Crippen molar-refractivity contribution in [1.82, 2.24) is 4.90 Å². The zero-order valence-electron chi connectivity index (χ0n) is 13.4. The second-order valence-electron chi connectivity index (χ2n) is 5.03. The van der Waals surface area contributed by atoms with E-state index in [0.717, 1.165) is 37.5 Å². The number of thiophene rings is 1. The van der Waals surface area contributed by atoms with E-state index in [1.54, 1.807) is 7.11 Å². The number of methoxy groups -OCH3 is 1. The van der Waals surface area contributed by atoms with Crippen molar-refractivity contribution < 1.29 is 4.74 Å². The Labute approximate surface area is 131 Å². The average Bonchev–Trinajstić information content (AvgIpc) is 2.78. The highest BCUT2D eigenvalue weighted by Crippen LogP contribution is 2.42. The second-order valence-corrected chi connectivity index (χ2v) is 6.05. The highest BCUT2D eigenvalue weighted by atomic mass is 32.1. The molecule has 0 aliphatic rings. The van der Waals surface area contributed by atoms with Gasteiger partial charge in [-0.15, -0.1) is 11.3 Å². The van der Waals surface area contributed by atoms with Crippen molar-refractivity contribution in [2.24, 2.45) is 0 Å². The minimum atomic E-state index is 0.319. The van der Waals surface area contributed by atoms with E-state index in [1.807, 2.05) is 0 Å². The van der Waals surface area contributed by atoms with Crippen LogP contribution >= 0.6 is 11.3 Å². The Morgan fingerprint density at radius 2 is 2.10 bits per heavy atom. The molecule has 0 bridgehead atoms. The van der Waals surface area contributed by atoms with Gasteiger partial charge in [-0.05, 0) is 39.4 Å². The van der Waals surface area contributed by atoms with Gasteiger partial charge in [-0.25, -0.2) is 0 Å². The molecule has 0 fully saturated rings. The Hall–Kier alpha value is -1.45. The quantitative estimate of drug-likeness (QED) is 0.733. The molecule has 0 aromatic carbocycles. The van der Waals surface area contributed by atoms with Crippen LogP contribution in [0, 0.1) is 11.3 Å². The largest absolute Gasteiger partial charge is 0.492 e. The average molecular weight is 310 g/mol. The van der Waals surface area contributed by atoms with E-state index in [1.165, 1.54) is 11.3 Å². The second kappa shape index (κ2) is 8.75. The maximum atomic E-state index is 9.03. The lowest BCUT2D eigenvalue weighted by Crippen LogP contribution is -2.25. The molecule has 1 atom stereocenters. The zero-order chi connectivity index (χ0) is 15.8. The van der Waals surface area contributed by atoms with Crippen LogP contribution in [0.2, 0.25) is 0 Å². The van der Waals surface area contributed by atoms with Gasteiger partial charge in [-0.2, -0.15) is 5.26 Å².